The summed E-state index contributed by atoms with van der Waals surface area (Å²) in [6, 6.07) is 0. The molecule has 0 aliphatic heterocycles. The van der Waals surface area contributed by atoms with Gasteiger partial charge >= 0.3 is 0 Å². The zero-order valence-corrected chi connectivity index (χ0v) is 11.1. The normalized spacial score (nSPS) is 16.7. The molecule has 1 aromatic carbocycles. The molecule has 0 heterocycles. The molecule has 6 heteroatoms. The largest absolute Gasteiger partial charge is 0.454 e. The molecule has 114 valence electrons. The summed E-state index contributed by atoms with van der Waals surface area (Å²) >= 11 is 0. The first-order chi connectivity index (χ1) is 10.5. The lowest BCUT2D eigenvalue weighted by molar-refractivity contribution is 0.312. The van der Waals surface area contributed by atoms with Crippen molar-refractivity contribution < 1.29 is 26.7 Å². The first kappa shape index (κ1) is 14.6. The Hall–Kier alpha value is -2.37. The van der Waals surface area contributed by atoms with E-state index in [9.17, 15) is 22.0 Å². The molecule has 0 spiro atoms. The minimum absolute atomic E-state index is 0.151. The van der Waals surface area contributed by atoms with Crippen molar-refractivity contribution in [2.24, 2.45) is 0 Å². The first-order valence-corrected chi connectivity index (χ1v) is 6.45. The van der Waals surface area contributed by atoms with Gasteiger partial charge in [0.15, 0.2) is 0 Å². The van der Waals surface area contributed by atoms with Gasteiger partial charge in [-0.3, -0.25) is 0 Å². The molecule has 0 amide bonds. The summed E-state index contributed by atoms with van der Waals surface area (Å²) < 4.78 is 71.7. The highest BCUT2D eigenvalue weighted by Crippen LogP contribution is 2.35. The number of hydrogen-bond acceptors (Lipinski definition) is 1. The Morgan fingerprint density at radius 3 is 2.00 bits per heavy atom. The third-order valence-corrected chi connectivity index (χ3v) is 3.40. The molecule has 0 saturated heterocycles. The van der Waals surface area contributed by atoms with Gasteiger partial charge in [0.2, 0.25) is 34.8 Å². The number of hydrogen-bond donors (Lipinski definition) is 0. The lowest BCUT2D eigenvalue weighted by Crippen LogP contribution is -2.07. The van der Waals surface area contributed by atoms with E-state index in [0.717, 1.165) is 5.57 Å². The molecular formula is C16H9F5O. The Balaban J connectivity index is 2.02. The topological polar surface area (TPSA) is 9.23 Å². The van der Waals surface area contributed by atoms with Crippen LogP contribution in [0.4, 0.5) is 22.0 Å². The lowest BCUT2D eigenvalue weighted by atomic mass is 10.1. The average Bonchev–Trinajstić information content (AvgIpc) is 3.18. The van der Waals surface area contributed by atoms with Crippen LogP contribution in [-0.4, -0.2) is 0 Å². The van der Waals surface area contributed by atoms with Crippen LogP contribution < -0.4 is 4.74 Å². The fourth-order valence-corrected chi connectivity index (χ4v) is 2.31. The number of ether oxygens (including phenoxy) is 1. The van der Waals surface area contributed by atoms with Crippen molar-refractivity contribution >= 4 is 0 Å². The number of rotatable bonds is 3. The fourth-order valence-electron chi connectivity index (χ4n) is 2.31. The van der Waals surface area contributed by atoms with Gasteiger partial charge in [0.1, 0.15) is 5.76 Å². The van der Waals surface area contributed by atoms with Gasteiger partial charge in [-0.05, 0) is 12.0 Å². The summed E-state index contributed by atoms with van der Waals surface area (Å²) in [7, 11) is 0. The first-order valence-electron chi connectivity index (χ1n) is 6.45. The molecule has 2 aliphatic carbocycles. The summed E-state index contributed by atoms with van der Waals surface area (Å²) in [5, 5.41) is 0. The van der Waals surface area contributed by atoms with Crippen LogP contribution >= 0.6 is 0 Å². The molecule has 0 saturated carbocycles. The molecule has 0 atom stereocenters. The standard InChI is InChI=1S/C16H9F5O/c17-11-12(18)14(20)16(15(21)13(11)19)22-10-7-3-6-9(10)8-4-1-2-5-8/h1-4,6H,5,7H2. The van der Waals surface area contributed by atoms with Gasteiger partial charge in [0, 0.05) is 12.0 Å². The van der Waals surface area contributed by atoms with Crippen molar-refractivity contribution in [3.63, 3.8) is 0 Å². The molecular weight excluding hydrogens is 303 g/mol. The van der Waals surface area contributed by atoms with Crippen molar-refractivity contribution in [1.29, 1.82) is 0 Å². The Bertz CT molecular complexity index is 742. The van der Waals surface area contributed by atoms with Gasteiger partial charge in [0.05, 0.1) is 0 Å². The lowest BCUT2D eigenvalue weighted by Gasteiger charge is -2.13. The Morgan fingerprint density at radius 1 is 0.773 bits per heavy atom. The van der Waals surface area contributed by atoms with Crippen LogP contribution in [0.3, 0.4) is 0 Å². The molecule has 1 nitrogen and oxygen atoms in total. The molecule has 2 aliphatic rings. The highest BCUT2D eigenvalue weighted by atomic mass is 19.2. The van der Waals surface area contributed by atoms with E-state index in [-0.39, 0.29) is 12.2 Å². The fraction of sp³-hybridized carbons (Fsp3) is 0.125. The van der Waals surface area contributed by atoms with Gasteiger partial charge in [0.25, 0.3) is 0 Å². The van der Waals surface area contributed by atoms with Gasteiger partial charge < -0.3 is 4.74 Å². The van der Waals surface area contributed by atoms with Crippen molar-refractivity contribution in [3.8, 4) is 5.75 Å². The van der Waals surface area contributed by atoms with E-state index in [1.165, 1.54) is 0 Å². The van der Waals surface area contributed by atoms with E-state index >= 15 is 0 Å². The second-order valence-corrected chi connectivity index (χ2v) is 4.77. The summed E-state index contributed by atoms with van der Waals surface area (Å²) in [6.45, 7) is 0. The Morgan fingerprint density at radius 2 is 1.41 bits per heavy atom. The molecule has 0 fully saturated rings. The van der Waals surface area contributed by atoms with E-state index in [1.807, 2.05) is 12.2 Å². The molecule has 1 aromatic rings. The van der Waals surface area contributed by atoms with Crippen molar-refractivity contribution in [2.75, 3.05) is 0 Å². The number of halogens is 5. The Kier molecular flexibility index (Phi) is 3.60. The quantitative estimate of drug-likeness (QED) is 0.440. The minimum Gasteiger partial charge on any atom is -0.454 e. The maximum Gasteiger partial charge on any atom is 0.207 e. The van der Waals surface area contributed by atoms with E-state index in [0.29, 0.717) is 12.0 Å². The monoisotopic (exact) mass is 312 g/mol. The van der Waals surface area contributed by atoms with E-state index in [4.69, 9.17) is 4.74 Å². The van der Waals surface area contributed by atoms with E-state index < -0.39 is 34.8 Å². The summed E-state index contributed by atoms with van der Waals surface area (Å²) in [5.74, 6) is -11.3. The van der Waals surface area contributed by atoms with Gasteiger partial charge in [-0.25, -0.2) is 13.2 Å². The zero-order chi connectivity index (χ0) is 15.9. The summed E-state index contributed by atoms with van der Waals surface area (Å²) in [6.07, 6.45) is 9.70. The summed E-state index contributed by atoms with van der Waals surface area (Å²) in [5.41, 5.74) is 1.45. The van der Waals surface area contributed by atoms with Gasteiger partial charge in [-0.15, -0.1) is 0 Å². The zero-order valence-electron chi connectivity index (χ0n) is 11.1. The molecule has 0 aromatic heterocycles. The molecule has 0 bridgehead atoms. The molecule has 0 radical (unpaired) electrons. The predicted octanol–water partition coefficient (Wildman–Crippen LogP) is 4.86. The minimum atomic E-state index is -2.20. The SMILES string of the molecule is Fc1c(F)c(F)c(OC2=C(C3=CC=CC3)C=CC2)c(F)c1F. The molecule has 0 unspecified atom stereocenters. The van der Waals surface area contributed by atoms with Crippen LogP contribution in [0.1, 0.15) is 12.8 Å². The van der Waals surface area contributed by atoms with Crippen LogP contribution in [0, 0.1) is 29.1 Å². The third-order valence-electron chi connectivity index (χ3n) is 3.40. The smallest absolute Gasteiger partial charge is 0.207 e. The van der Waals surface area contributed by atoms with Crippen molar-refractivity contribution in [3.05, 3.63) is 76.4 Å². The van der Waals surface area contributed by atoms with Gasteiger partial charge in [-0.1, -0.05) is 30.4 Å². The second-order valence-electron chi connectivity index (χ2n) is 4.77. The maximum atomic E-state index is 13.6. The van der Waals surface area contributed by atoms with Crippen molar-refractivity contribution in [2.45, 2.75) is 12.8 Å². The second kappa shape index (κ2) is 5.44. The highest BCUT2D eigenvalue weighted by Gasteiger charge is 2.29. The van der Waals surface area contributed by atoms with Crippen LogP contribution in [0.2, 0.25) is 0 Å². The maximum absolute atomic E-state index is 13.6. The van der Waals surface area contributed by atoms with Crippen LogP contribution in [0.5, 0.6) is 5.75 Å². The average molecular weight is 312 g/mol. The van der Waals surface area contributed by atoms with Gasteiger partial charge in [-0.2, -0.15) is 8.78 Å². The van der Waals surface area contributed by atoms with Crippen LogP contribution in [0.25, 0.3) is 0 Å². The predicted molar refractivity (Wildman–Crippen MR) is 69.5 cm³/mol. The van der Waals surface area contributed by atoms with Crippen molar-refractivity contribution in [1.82, 2.24) is 0 Å². The molecule has 3 rings (SSSR count). The molecule has 0 N–H and O–H groups in total. The summed E-state index contributed by atoms with van der Waals surface area (Å²) in [4.78, 5) is 0. The third kappa shape index (κ3) is 2.24. The Labute approximate surface area is 122 Å². The van der Waals surface area contributed by atoms with Crippen LogP contribution in [-0.2, 0) is 0 Å². The van der Waals surface area contributed by atoms with E-state index in [2.05, 4.69) is 0 Å². The number of benzene rings is 1. The highest BCUT2D eigenvalue weighted by molar-refractivity contribution is 5.51. The van der Waals surface area contributed by atoms with E-state index in [1.54, 1.807) is 18.2 Å². The van der Waals surface area contributed by atoms with Crippen LogP contribution in [0.15, 0.2) is 47.3 Å². The number of allylic oxidation sites excluding steroid dienone is 7. The molecule has 22 heavy (non-hydrogen) atoms.